The number of carbonyl (C=O) groups is 1. The highest BCUT2D eigenvalue weighted by atomic mass is 35.5. The van der Waals surface area contributed by atoms with Gasteiger partial charge in [0.05, 0.1) is 5.52 Å². The number of nitrogens with zero attached hydrogens (tertiary/aromatic N) is 1. The van der Waals surface area contributed by atoms with Gasteiger partial charge in [-0.3, -0.25) is 4.98 Å². The van der Waals surface area contributed by atoms with Crippen molar-refractivity contribution in [3.05, 3.63) is 41.0 Å². The lowest BCUT2D eigenvalue weighted by molar-refractivity contribution is -0.117. The molecule has 17 heavy (non-hydrogen) atoms. The molecule has 0 spiro atoms. The zero-order chi connectivity index (χ0) is 12.3. The van der Waals surface area contributed by atoms with Crippen molar-refractivity contribution in [1.82, 2.24) is 4.98 Å². The maximum absolute atomic E-state index is 10.9. The first-order valence-corrected chi connectivity index (χ1v) is 6.08. The summed E-state index contributed by atoms with van der Waals surface area (Å²) >= 11 is 6.12. The monoisotopic (exact) mass is 247 g/mol. The smallest absolute Gasteiger partial charge is 0.129 e. The maximum Gasteiger partial charge on any atom is 0.129 e. The van der Waals surface area contributed by atoms with Gasteiger partial charge in [0.25, 0.3) is 0 Å². The highest BCUT2D eigenvalue weighted by molar-refractivity contribution is 6.35. The van der Waals surface area contributed by atoms with Crippen molar-refractivity contribution >= 4 is 28.3 Å². The van der Waals surface area contributed by atoms with Gasteiger partial charge in [-0.15, -0.1) is 0 Å². The lowest BCUT2D eigenvalue weighted by atomic mass is 10.0. The molecule has 0 radical (unpaired) electrons. The van der Waals surface area contributed by atoms with Crippen molar-refractivity contribution in [3.63, 3.8) is 0 Å². The predicted molar refractivity (Wildman–Crippen MR) is 70.4 cm³/mol. The first-order chi connectivity index (χ1) is 8.18. The second-order valence-corrected chi connectivity index (χ2v) is 4.57. The molecule has 0 N–H and O–H groups in total. The number of pyridine rings is 1. The third-order valence-corrected chi connectivity index (χ3v) is 3.10. The molecule has 2 rings (SSSR count). The van der Waals surface area contributed by atoms with E-state index in [4.69, 9.17) is 11.6 Å². The molecule has 0 amide bonds. The van der Waals surface area contributed by atoms with Crippen LogP contribution in [0, 0.1) is 0 Å². The van der Waals surface area contributed by atoms with Crippen LogP contribution in [0.1, 0.15) is 25.3 Å². The molecule has 1 aromatic heterocycles. The van der Waals surface area contributed by atoms with Gasteiger partial charge in [-0.1, -0.05) is 17.7 Å². The Labute approximate surface area is 106 Å². The maximum atomic E-state index is 10.9. The summed E-state index contributed by atoms with van der Waals surface area (Å²) in [6, 6.07) is 7.75. The summed E-state index contributed by atoms with van der Waals surface area (Å²) in [5.74, 6) is 0.233. The third kappa shape index (κ3) is 2.83. The summed E-state index contributed by atoms with van der Waals surface area (Å²) in [7, 11) is 0. The predicted octanol–water partition coefficient (Wildman–Crippen LogP) is 3.80. The minimum atomic E-state index is 0.233. The molecule has 0 saturated carbocycles. The zero-order valence-corrected chi connectivity index (χ0v) is 10.5. The van der Waals surface area contributed by atoms with Gasteiger partial charge >= 0.3 is 0 Å². The molecule has 88 valence electrons. The number of benzene rings is 1. The van der Waals surface area contributed by atoms with Gasteiger partial charge in [0.15, 0.2) is 0 Å². The fourth-order valence-electron chi connectivity index (χ4n) is 1.93. The van der Waals surface area contributed by atoms with Crippen LogP contribution in [0.25, 0.3) is 10.9 Å². The van der Waals surface area contributed by atoms with Crippen molar-refractivity contribution in [1.29, 1.82) is 0 Å². The van der Waals surface area contributed by atoms with E-state index < -0.39 is 0 Å². The molecule has 0 saturated heterocycles. The number of hydrogen-bond acceptors (Lipinski definition) is 2. The fourth-order valence-corrected chi connectivity index (χ4v) is 2.14. The number of ketones is 1. The summed E-state index contributed by atoms with van der Waals surface area (Å²) in [6.07, 6.45) is 4.12. The number of carbonyl (C=O) groups excluding carboxylic acids is 1. The highest BCUT2D eigenvalue weighted by Crippen LogP contribution is 2.25. The van der Waals surface area contributed by atoms with E-state index in [2.05, 4.69) is 4.98 Å². The van der Waals surface area contributed by atoms with Crippen LogP contribution in [0.2, 0.25) is 5.02 Å². The first kappa shape index (κ1) is 12.1. The largest absolute Gasteiger partial charge is 0.300 e. The van der Waals surface area contributed by atoms with Crippen molar-refractivity contribution in [2.75, 3.05) is 0 Å². The van der Waals surface area contributed by atoms with Crippen LogP contribution in [-0.2, 0) is 11.2 Å². The van der Waals surface area contributed by atoms with E-state index in [-0.39, 0.29) is 5.78 Å². The quantitative estimate of drug-likeness (QED) is 0.823. The Kier molecular flexibility index (Phi) is 3.75. The van der Waals surface area contributed by atoms with Crippen molar-refractivity contribution in [2.24, 2.45) is 0 Å². The highest BCUT2D eigenvalue weighted by Gasteiger charge is 2.05. The lowest BCUT2D eigenvalue weighted by Crippen LogP contribution is -1.94. The second kappa shape index (κ2) is 5.28. The Morgan fingerprint density at radius 2 is 2.18 bits per heavy atom. The topological polar surface area (TPSA) is 30.0 Å². The number of rotatable bonds is 4. The van der Waals surface area contributed by atoms with Gasteiger partial charge in [-0.05, 0) is 43.5 Å². The Hall–Kier alpha value is -1.41. The molecular formula is C14H14ClNO. The number of aromatic nitrogens is 1. The van der Waals surface area contributed by atoms with Crippen LogP contribution in [-0.4, -0.2) is 10.8 Å². The van der Waals surface area contributed by atoms with E-state index in [9.17, 15) is 4.79 Å². The van der Waals surface area contributed by atoms with E-state index >= 15 is 0 Å². The summed E-state index contributed by atoms with van der Waals surface area (Å²) in [6.45, 7) is 1.62. The second-order valence-electron chi connectivity index (χ2n) is 4.16. The first-order valence-electron chi connectivity index (χ1n) is 5.70. The Balaban J connectivity index is 2.28. The van der Waals surface area contributed by atoms with Gasteiger partial charge in [-0.25, -0.2) is 0 Å². The average molecular weight is 248 g/mol. The molecule has 0 unspecified atom stereocenters. The van der Waals surface area contributed by atoms with Gasteiger partial charge in [0, 0.05) is 23.0 Å². The molecule has 3 heteroatoms. The molecule has 0 aliphatic heterocycles. The van der Waals surface area contributed by atoms with E-state index in [1.807, 2.05) is 24.3 Å². The molecule has 0 aliphatic carbocycles. The minimum absolute atomic E-state index is 0.233. The number of hydrogen-bond donors (Lipinski definition) is 0. The van der Waals surface area contributed by atoms with E-state index in [1.54, 1.807) is 13.1 Å². The van der Waals surface area contributed by atoms with Gasteiger partial charge in [-0.2, -0.15) is 0 Å². The van der Waals surface area contributed by atoms with E-state index in [0.717, 1.165) is 34.3 Å². The van der Waals surface area contributed by atoms with Crippen LogP contribution >= 0.6 is 11.6 Å². The average Bonchev–Trinajstić information content (AvgIpc) is 2.32. The van der Waals surface area contributed by atoms with E-state index in [0.29, 0.717) is 6.42 Å². The fraction of sp³-hybridized carbons (Fsp3) is 0.286. The standard InChI is InChI=1S/C14H14ClNO/c1-10(17)4-2-5-11-7-8-13(15)12-6-3-9-16-14(11)12/h3,6-9H,2,4-5H2,1H3. The Bertz CT molecular complexity index is 551. The van der Waals surface area contributed by atoms with Crippen LogP contribution < -0.4 is 0 Å². The summed E-state index contributed by atoms with van der Waals surface area (Å²) < 4.78 is 0. The molecule has 2 aromatic rings. The van der Waals surface area contributed by atoms with E-state index in [1.165, 1.54) is 0 Å². The molecule has 0 aliphatic rings. The van der Waals surface area contributed by atoms with Crippen LogP contribution in [0.15, 0.2) is 30.5 Å². The zero-order valence-electron chi connectivity index (χ0n) is 9.74. The van der Waals surface area contributed by atoms with Crippen LogP contribution in [0.5, 0.6) is 0 Å². The van der Waals surface area contributed by atoms with Crippen molar-refractivity contribution < 1.29 is 4.79 Å². The van der Waals surface area contributed by atoms with Crippen molar-refractivity contribution in [3.8, 4) is 0 Å². The van der Waals surface area contributed by atoms with Crippen LogP contribution in [0.3, 0.4) is 0 Å². The molecule has 0 bridgehead atoms. The Morgan fingerprint density at radius 1 is 1.35 bits per heavy atom. The minimum Gasteiger partial charge on any atom is -0.300 e. The molecule has 1 aromatic carbocycles. The number of aryl methyl sites for hydroxylation is 1. The van der Waals surface area contributed by atoms with Crippen molar-refractivity contribution in [2.45, 2.75) is 26.2 Å². The normalized spacial score (nSPS) is 10.7. The molecular weight excluding hydrogens is 234 g/mol. The van der Waals surface area contributed by atoms with Gasteiger partial charge in [0.2, 0.25) is 0 Å². The summed E-state index contributed by atoms with van der Waals surface area (Å²) in [5.41, 5.74) is 2.11. The lowest BCUT2D eigenvalue weighted by Gasteiger charge is -2.06. The SMILES string of the molecule is CC(=O)CCCc1ccc(Cl)c2cccnc12. The third-order valence-electron chi connectivity index (χ3n) is 2.77. The van der Waals surface area contributed by atoms with Gasteiger partial charge < -0.3 is 4.79 Å². The number of Topliss-reactive ketones (excluding diaryl/α,β-unsaturated/α-hetero) is 1. The Morgan fingerprint density at radius 3 is 2.94 bits per heavy atom. The summed E-state index contributed by atoms with van der Waals surface area (Å²) in [5, 5.41) is 1.71. The number of halogens is 1. The molecule has 0 atom stereocenters. The van der Waals surface area contributed by atoms with Gasteiger partial charge in [0.1, 0.15) is 5.78 Å². The molecule has 1 heterocycles. The molecule has 2 nitrogen and oxygen atoms in total. The number of fused-ring (bicyclic) bond motifs is 1. The summed E-state index contributed by atoms with van der Waals surface area (Å²) in [4.78, 5) is 15.3. The van der Waals surface area contributed by atoms with Crippen LogP contribution in [0.4, 0.5) is 0 Å². The molecule has 0 fully saturated rings.